The number of hydrogen-bond donors (Lipinski definition) is 1. The van der Waals surface area contributed by atoms with E-state index in [0.717, 1.165) is 0 Å². The molecule has 2 fully saturated rings. The molecular weight excluding hydrogens is 210 g/mol. The van der Waals surface area contributed by atoms with Crippen LogP contribution in [-0.4, -0.2) is 44.4 Å². The van der Waals surface area contributed by atoms with Gasteiger partial charge in [0.15, 0.2) is 0 Å². The average Bonchev–Trinajstić information content (AvgIpc) is 2.42. The molecule has 2 unspecified atom stereocenters. The summed E-state index contributed by atoms with van der Waals surface area (Å²) in [5, 5.41) is 8.90. The molecule has 0 radical (unpaired) electrons. The monoisotopic (exact) mass is 216 g/mol. The molecule has 2 amide bonds. The molecule has 1 saturated heterocycles. The fourth-order valence-electron chi connectivity index (χ4n) is 1.45. The molecule has 0 spiro atoms. The van der Waals surface area contributed by atoms with Crippen LogP contribution < -0.4 is 0 Å². The second-order valence-corrected chi connectivity index (χ2v) is 4.07. The minimum Gasteiger partial charge on any atom is -0.290 e. The molecule has 0 aromatic heterocycles. The summed E-state index contributed by atoms with van der Waals surface area (Å²) < 4.78 is -1.52. The lowest BCUT2D eigenvalue weighted by atomic mass is 9.88. The third-order valence-electron chi connectivity index (χ3n) is 2.38. The summed E-state index contributed by atoms with van der Waals surface area (Å²) in [5.41, 5.74) is 0. The van der Waals surface area contributed by atoms with Gasteiger partial charge in [0, 0.05) is 0 Å². The van der Waals surface area contributed by atoms with Crippen LogP contribution >= 0.6 is 11.8 Å². The first-order chi connectivity index (χ1) is 6.48. The van der Waals surface area contributed by atoms with Crippen molar-refractivity contribution in [2.45, 2.75) is 12.5 Å². The van der Waals surface area contributed by atoms with Crippen LogP contribution in [0.1, 0.15) is 6.42 Å². The number of carbonyl (C=O) groups excluding carboxylic acids is 4. The number of hydroxylamine groups is 3. The molecule has 1 aliphatic heterocycles. The number of Topliss-reactive ketones (excluding diaryl/α,β-unsaturated/α-hetero) is 2. The fraction of sp³-hybridized carbons (Fsp3) is 0.429. The van der Waals surface area contributed by atoms with Gasteiger partial charge in [0.05, 0.1) is 6.42 Å². The Morgan fingerprint density at radius 2 is 1.93 bits per heavy atom. The van der Waals surface area contributed by atoms with Crippen molar-refractivity contribution in [2.24, 2.45) is 0 Å². The Morgan fingerprint density at radius 3 is 2.29 bits per heavy atom. The number of amides is 2. The summed E-state index contributed by atoms with van der Waals surface area (Å²) in [5.74, 6) is -2.35. The summed E-state index contributed by atoms with van der Waals surface area (Å²) in [7, 11) is 0. The van der Waals surface area contributed by atoms with E-state index in [1.807, 2.05) is 0 Å². The Morgan fingerprint density at radius 1 is 1.29 bits per heavy atom. The molecule has 1 saturated carbocycles. The highest BCUT2D eigenvalue weighted by atomic mass is 32.2. The zero-order chi connectivity index (χ0) is 10.5. The van der Waals surface area contributed by atoms with Gasteiger partial charge in [0.2, 0.25) is 11.8 Å². The van der Waals surface area contributed by atoms with Gasteiger partial charge in [-0.1, -0.05) is 0 Å². The molecule has 2 rings (SSSR count). The highest BCUT2D eigenvalue weighted by Gasteiger charge is 2.64. The quantitative estimate of drug-likeness (QED) is 0.361. The van der Waals surface area contributed by atoms with Crippen LogP contribution in [0.15, 0.2) is 0 Å². The maximum absolute atomic E-state index is 11.2. The lowest BCUT2D eigenvalue weighted by Gasteiger charge is -2.30. The van der Waals surface area contributed by atoms with Crippen molar-refractivity contribution in [3.05, 3.63) is 0 Å². The van der Waals surface area contributed by atoms with Gasteiger partial charge >= 0.3 is 11.1 Å². The second-order valence-electron chi connectivity index (χ2n) is 3.14. The van der Waals surface area contributed by atoms with Crippen LogP contribution in [0.2, 0.25) is 0 Å². The van der Waals surface area contributed by atoms with Gasteiger partial charge < -0.3 is 0 Å². The molecule has 2 atom stereocenters. The number of quaternary nitrogens is 1. The molecule has 2 aliphatic rings. The zero-order valence-electron chi connectivity index (χ0n) is 6.93. The van der Waals surface area contributed by atoms with E-state index in [0.29, 0.717) is 11.8 Å². The van der Waals surface area contributed by atoms with Crippen molar-refractivity contribution in [2.75, 3.05) is 5.75 Å². The first kappa shape index (κ1) is 9.50. The number of rotatable bonds is 1. The molecular formula is C7H6NO5S+. The normalized spacial score (nSPS) is 37.6. The Labute approximate surface area is 82.4 Å². The topological polar surface area (TPSA) is 88.5 Å². The number of thioether (sulfide) groups is 1. The fourth-order valence-corrected chi connectivity index (χ4v) is 2.32. The van der Waals surface area contributed by atoms with Crippen molar-refractivity contribution in [3.8, 4) is 0 Å². The smallest absolute Gasteiger partial charge is 0.290 e. The first-order valence-corrected chi connectivity index (χ1v) is 4.85. The van der Waals surface area contributed by atoms with Crippen molar-refractivity contribution >= 4 is 34.5 Å². The maximum atomic E-state index is 11.2. The van der Waals surface area contributed by atoms with Crippen molar-refractivity contribution < 1.29 is 29.0 Å². The van der Waals surface area contributed by atoms with E-state index in [4.69, 9.17) is 0 Å². The molecule has 7 heteroatoms. The Bertz CT molecular complexity index is 360. The van der Waals surface area contributed by atoms with Gasteiger partial charge in [0.25, 0.3) is 5.78 Å². The maximum Gasteiger partial charge on any atom is 0.416 e. The van der Waals surface area contributed by atoms with Crippen LogP contribution in [0.3, 0.4) is 0 Å². The van der Waals surface area contributed by atoms with Crippen molar-refractivity contribution in [1.82, 2.24) is 0 Å². The number of carbonyl (C=O) groups is 4. The van der Waals surface area contributed by atoms with Gasteiger partial charge in [-0.15, -0.1) is 0 Å². The minimum absolute atomic E-state index is 0.146. The van der Waals surface area contributed by atoms with Gasteiger partial charge in [-0.05, 0) is 16.4 Å². The molecule has 0 bridgehead atoms. The number of hydrogen-bond acceptors (Lipinski definition) is 6. The first-order valence-electron chi connectivity index (χ1n) is 3.87. The predicted octanol–water partition coefficient (Wildman–Crippen LogP) is -0.504. The van der Waals surface area contributed by atoms with Gasteiger partial charge in [-0.2, -0.15) is 5.21 Å². The van der Waals surface area contributed by atoms with E-state index in [1.54, 1.807) is 0 Å². The minimum atomic E-state index is -1.52. The summed E-state index contributed by atoms with van der Waals surface area (Å²) in [6, 6.07) is -1.20. The molecule has 1 aliphatic carbocycles. The van der Waals surface area contributed by atoms with Crippen LogP contribution in [0.4, 0.5) is 4.79 Å². The number of imide groups is 1. The zero-order valence-corrected chi connectivity index (χ0v) is 7.74. The van der Waals surface area contributed by atoms with Crippen LogP contribution in [0.25, 0.3) is 0 Å². The summed E-state index contributed by atoms with van der Waals surface area (Å²) in [6.07, 6.45) is -0.229. The Balaban J connectivity index is 2.32. The number of nitrogens with zero attached hydrogens (tertiary/aromatic N) is 1. The van der Waals surface area contributed by atoms with Gasteiger partial charge in [-0.25, -0.2) is 9.59 Å². The molecule has 74 valence electrons. The lowest BCUT2D eigenvalue weighted by Crippen LogP contribution is -2.66. The highest BCUT2D eigenvalue weighted by molar-refractivity contribution is 8.14. The van der Waals surface area contributed by atoms with E-state index in [2.05, 4.69) is 0 Å². The molecule has 0 aromatic carbocycles. The molecule has 1 heterocycles. The highest BCUT2D eigenvalue weighted by Crippen LogP contribution is 2.34. The lowest BCUT2D eigenvalue weighted by molar-refractivity contribution is -0.978. The average molecular weight is 216 g/mol. The van der Waals surface area contributed by atoms with Crippen molar-refractivity contribution in [3.63, 3.8) is 0 Å². The van der Waals surface area contributed by atoms with Crippen LogP contribution in [-0.2, 0) is 14.4 Å². The molecule has 1 N–H and O–H groups in total. The van der Waals surface area contributed by atoms with Gasteiger partial charge in [0.1, 0.15) is 5.75 Å². The van der Waals surface area contributed by atoms with Crippen molar-refractivity contribution in [1.29, 1.82) is 0 Å². The van der Waals surface area contributed by atoms with E-state index < -0.39 is 33.4 Å². The third-order valence-corrected chi connectivity index (χ3v) is 3.30. The van der Waals surface area contributed by atoms with Crippen LogP contribution in [0, 0.1) is 0 Å². The van der Waals surface area contributed by atoms with E-state index >= 15 is 0 Å². The Kier molecular flexibility index (Phi) is 1.85. The molecule has 0 aromatic rings. The standard InChI is InChI=1S/C7H6NO5S/c9-4-1-3(6(4)11)8(13)5(10)2-14-7(8)12/h3,13H,1-2H2/q+1. The summed E-state index contributed by atoms with van der Waals surface area (Å²) >= 11 is 0.663. The SMILES string of the molecule is O=C1CC([N+]2(O)C(=O)CSC2=O)C1=O. The largest absolute Gasteiger partial charge is 0.416 e. The summed E-state index contributed by atoms with van der Waals surface area (Å²) in [6.45, 7) is 0. The van der Waals surface area contributed by atoms with E-state index in [1.165, 1.54) is 0 Å². The second kappa shape index (κ2) is 2.72. The van der Waals surface area contributed by atoms with E-state index in [9.17, 15) is 24.4 Å². The predicted molar refractivity (Wildman–Crippen MR) is 43.3 cm³/mol. The van der Waals surface area contributed by atoms with Gasteiger partial charge in [-0.3, -0.25) is 9.59 Å². The van der Waals surface area contributed by atoms with Crippen LogP contribution in [0.5, 0.6) is 0 Å². The number of ketones is 2. The van der Waals surface area contributed by atoms with E-state index in [-0.39, 0.29) is 12.2 Å². The third kappa shape index (κ3) is 0.941. The molecule has 14 heavy (non-hydrogen) atoms. The molecule has 6 nitrogen and oxygen atoms in total. The summed E-state index contributed by atoms with van der Waals surface area (Å²) in [4.78, 5) is 44.1. The Hall–Kier alpha value is -1.05.